The predicted octanol–water partition coefficient (Wildman–Crippen LogP) is 15.1. The molecule has 3 aliphatic heterocycles. The van der Waals surface area contributed by atoms with Gasteiger partial charge in [-0.1, -0.05) is 87.5 Å². The van der Waals surface area contributed by atoms with Crippen molar-refractivity contribution in [3.8, 4) is 0 Å². The molecule has 3 aromatic heterocycles. The smallest absolute Gasteiger partial charge is 0.302 e. The number of allylic oxidation sites excluding steroid dienone is 11. The number of ether oxygens (including phenoxy) is 6. The van der Waals surface area contributed by atoms with Crippen molar-refractivity contribution in [2.45, 2.75) is 167 Å². The molecule has 18 atom stereocenters. The molecule has 6 heterocycles. The fraction of sp³-hybridized carbons (Fsp3) is 0.473. The molecular weight excluding hydrogens is 1390 g/mol. The van der Waals surface area contributed by atoms with Gasteiger partial charge in [0.1, 0.15) is 53.9 Å². The maximum Gasteiger partial charge on any atom is 0.302 e. The third kappa shape index (κ3) is 14.4. The second-order valence-electron chi connectivity index (χ2n) is 35.3. The van der Waals surface area contributed by atoms with Gasteiger partial charge in [-0.15, -0.1) is 0 Å². The monoisotopic (exact) mass is 1500 g/mol. The van der Waals surface area contributed by atoms with E-state index in [1.807, 2.05) is 77.4 Å². The van der Waals surface area contributed by atoms with Crippen molar-refractivity contribution in [1.82, 2.24) is 29.7 Å². The van der Waals surface area contributed by atoms with Gasteiger partial charge in [-0.05, 0) is 196 Å². The molecule has 0 N–H and O–H groups in total. The van der Waals surface area contributed by atoms with Crippen LogP contribution >= 0.6 is 0 Å². The molecule has 4 fully saturated rings. The highest BCUT2D eigenvalue weighted by Gasteiger charge is 2.62. The number of Topliss-reactive ketones (excluding diaryl/α,β-unsaturated/α-hetero) is 3. The van der Waals surface area contributed by atoms with Gasteiger partial charge in [-0.25, -0.2) is 0 Å². The van der Waals surface area contributed by atoms with Gasteiger partial charge in [-0.3, -0.25) is 43.7 Å². The predicted molar refractivity (Wildman–Crippen MR) is 425 cm³/mol. The number of hydrogen-bond acceptors (Lipinski definition) is 18. The van der Waals surface area contributed by atoms with Gasteiger partial charge >= 0.3 is 17.9 Å². The minimum absolute atomic E-state index is 0.00906. The zero-order valence-electron chi connectivity index (χ0n) is 66.1. The summed E-state index contributed by atoms with van der Waals surface area (Å²) in [5.41, 5.74) is 8.43. The molecule has 0 spiro atoms. The first-order chi connectivity index (χ1) is 53.2. The molecule has 111 heavy (non-hydrogen) atoms. The summed E-state index contributed by atoms with van der Waals surface area (Å²) in [6, 6.07) is 25.5. The van der Waals surface area contributed by atoms with Crippen molar-refractivity contribution < 1.29 is 57.2 Å². The van der Waals surface area contributed by atoms with E-state index in [0.29, 0.717) is 32.1 Å². The number of esters is 3. The van der Waals surface area contributed by atoms with Crippen LogP contribution in [-0.2, 0) is 57.2 Å². The molecule has 6 aromatic rings. The molecule has 18 nitrogen and oxygen atoms in total. The van der Waals surface area contributed by atoms with E-state index < -0.39 is 0 Å². The Bertz CT molecular complexity index is 4850. The summed E-state index contributed by atoms with van der Waals surface area (Å²) in [6.45, 7) is 14.0. The van der Waals surface area contributed by atoms with Crippen LogP contribution < -0.4 is 0 Å². The summed E-state index contributed by atoms with van der Waals surface area (Å²) in [4.78, 5) is 95.0. The van der Waals surface area contributed by atoms with Crippen LogP contribution in [0.4, 0.5) is 0 Å². The lowest BCUT2D eigenvalue weighted by atomic mass is 9.61. The first-order valence-corrected chi connectivity index (χ1v) is 40.0. The number of carbonyl (C=O) groups is 6. The van der Waals surface area contributed by atoms with E-state index in [4.69, 9.17) is 28.4 Å². The van der Waals surface area contributed by atoms with Crippen LogP contribution in [0, 0.1) is 51.8 Å². The van der Waals surface area contributed by atoms with Crippen LogP contribution in [0.3, 0.4) is 0 Å². The highest BCUT2D eigenvalue weighted by atomic mass is 16.6. The largest absolute Gasteiger partial charge is 0.489 e. The van der Waals surface area contributed by atoms with Gasteiger partial charge in [0.2, 0.25) is 0 Å². The minimum atomic E-state index is -0.280. The number of pyridine rings is 3. The van der Waals surface area contributed by atoms with Crippen LogP contribution in [0.1, 0.15) is 147 Å². The van der Waals surface area contributed by atoms with E-state index in [1.165, 1.54) is 31.9 Å². The van der Waals surface area contributed by atoms with Crippen LogP contribution in [0.25, 0.3) is 32.3 Å². The first kappa shape index (κ1) is 75.5. The Balaban J connectivity index is 0.000000126. The lowest BCUT2D eigenvalue weighted by Gasteiger charge is -2.48. The number of rotatable bonds is 12. The highest BCUT2D eigenvalue weighted by Crippen LogP contribution is 2.65. The van der Waals surface area contributed by atoms with E-state index in [2.05, 4.69) is 162 Å². The van der Waals surface area contributed by atoms with Crippen molar-refractivity contribution in [3.05, 3.63) is 220 Å². The number of hydrogen-bond donors (Lipinski definition) is 0. The molecule has 0 saturated heterocycles. The SMILES string of the molecule is CC(=O)OC1C[C@H]2[C@@H]3OC4=C(C=C3C=C[C@]2(C)[C@H]1c1ccc2ccncc2c1)C(=O)CC(CN(C)C)C4.CC(=O)OC1C[C@H]2[C@@H]3OC4=C(C=C3C=C[C@]2(C)[C@H]1c1ccc2cnccc2c1)C(=O)CC(CN(C)C)C4.CC(=O)OC1C[C@H]2[C@@H]3OC4=C(C=C3CC[C@]2(C)[C@H]1c1ccc2ccncc2c1)C(=O)CC(CN(C)C)C4. The second-order valence-corrected chi connectivity index (χ2v) is 35.3. The molecule has 578 valence electrons. The van der Waals surface area contributed by atoms with Gasteiger partial charge in [0.15, 0.2) is 17.3 Å². The lowest BCUT2D eigenvalue weighted by molar-refractivity contribution is -0.148. The number of ketones is 3. The third-order valence-electron chi connectivity index (χ3n) is 26.7. The first-order valence-electron chi connectivity index (χ1n) is 40.0. The fourth-order valence-electron chi connectivity index (χ4n) is 22.2. The molecule has 3 aromatic carbocycles. The number of aromatic nitrogens is 3. The number of benzene rings is 3. The third-order valence-corrected chi connectivity index (χ3v) is 26.7. The zero-order valence-corrected chi connectivity index (χ0v) is 66.1. The van der Waals surface area contributed by atoms with E-state index in [-0.39, 0.29) is 141 Å². The molecule has 18 heteroatoms. The second kappa shape index (κ2) is 29.9. The van der Waals surface area contributed by atoms with Gasteiger partial charge < -0.3 is 43.1 Å². The van der Waals surface area contributed by atoms with E-state index in [0.717, 1.165) is 147 Å². The summed E-state index contributed by atoms with van der Waals surface area (Å²) < 4.78 is 38.2. The van der Waals surface area contributed by atoms with Gasteiger partial charge in [-0.2, -0.15) is 0 Å². The van der Waals surface area contributed by atoms with Crippen LogP contribution in [0.5, 0.6) is 0 Å². The molecule has 0 bridgehead atoms. The average molecular weight is 1500 g/mol. The Kier molecular flexibility index (Phi) is 20.3. The van der Waals surface area contributed by atoms with Crippen molar-refractivity contribution in [2.24, 2.45) is 51.8 Å². The minimum Gasteiger partial charge on any atom is -0.489 e. The number of carbonyl (C=O) groups excluding carboxylic acids is 6. The molecule has 0 radical (unpaired) electrons. The number of fused-ring (bicyclic) bond motifs is 12. The molecule has 12 aliphatic rings. The van der Waals surface area contributed by atoms with E-state index in [9.17, 15) is 28.8 Å². The highest BCUT2D eigenvalue weighted by molar-refractivity contribution is 6.01. The Morgan fingerprint density at radius 2 is 0.811 bits per heavy atom. The molecule has 6 unspecified atom stereocenters. The molecular formula is C93H104N6O12. The Hall–Kier alpha value is -9.49. The normalized spacial score (nSPS) is 32.7. The molecule has 4 saturated carbocycles. The van der Waals surface area contributed by atoms with E-state index in [1.54, 1.807) is 6.20 Å². The van der Waals surface area contributed by atoms with Crippen LogP contribution in [0.2, 0.25) is 0 Å². The van der Waals surface area contributed by atoms with Crippen molar-refractivity contribution in [1.29, 1.82) is 0 Å². The standard InChI is InChI=1S/C31H34N2O4.C31H36N2O4.C31H34N2O4/c1-18(34)36-28-15-25-30-22(14-24-26(35)11-19(17-33(3)4)12-27(24)37-30)7-9-31(25,2)29(28)21-5-6-23-16-32-10-8-20(23)13-21;2*1-18(34)36-28-15-25-30-22(14-24-26(35)11-19(17-33(3)4)12-27(24)37-30)7-9-31(25,2)29(28)21-6-5-20-8-10-32-16-23(20)13-21/h5-10,13-14,16,19,25,28-30H,11-12,15,17H2,1-4H3;5-6,8,10,13-14,16,19,25,28-30H,7,9,11-12,15,17H2,1-4H3;5-10,13-14,16,19,25,28-30H,11-12,15,17H2,1-4H3/t3*19?,25-,28?,29-,30+,31-/m000/s1. The quantitative estimate of drug-likeness (QED) is 0.0824. The zero-order chi connectivity index (χ0) is 77.7. The summed E-state index contributed by atoms with van der Waals surface area (Å²) >= 11 is 0. The topological polar surface area (TPSA) is 206 Å². The summed E-state index contributed by atoms with van der Waals surface area (Å²) in [6.07, 6.45) is 33.1. The van der Waals surface area contributed by atoms with Gasteiger partial charge in [0.25, 0.3) is 0 Å². The maximum atomic E-state index is 13.0. The molecule has 18 rings (SSSR count). The summed E-state index contributed by atoms with van der Waals surface area (Å²) in [5.74, 6) is 3.59. The Morgan fingerprint density at radius 1 is 0.441 bits per heavy atom. The Labute approximate surface area is 651 Å². The lowest BCUT2D eigenvalue weighted by Crippen LogP contribution is -2.44. The molecule has 9 aliphatic carbocycles. The maximum absolute atomic E-state index is 13.0. The fourth-order valence-corrected chi connectivity index (χ4v) is 22.2. The van der Waals surface area contributed by atoms with Gasteiger partial charge in [0, 0.05) is 179 Å². The van der Waals surface area contributed by atoms with E-state index >= 15 is 0 Å². The summed E-state index contributed by atoms with van der Waals surface area (Å²) in [7, 11) is 12.3. The number of nitrogens with zero attached hydrogens (tertiary/aromatic N) is 6. The van der Waals surface area contributed by atoms with Crippen LogP contribution in [0.15, 0.2) is 203 Å². The van der Waals surface area contributed by atoms with Crippen LogP contribution in [-0.4, -0.2) is 163 Å². The van der Waals surface area contributed by atoms with Gasteiger partial charge in [0.05, 0.1) is 16.7 Å². The van der Waals surface area contributed by atoms with Crippen molar-refractivity contribution in [2.75, 3.05) is 61.9 Å². The Morgan fingerprint density at radius 3 is 1.24 bits per heavy atom. The van der Waals surface area contributed by atoms with Crippen molar-refractivity contribution >= 4 is 67.6 Å². The van der Waals surface area contributed by atoms with Crippen molar-refractivity contribution in [3.63, 3.8) is 0 Å². The summed E-state index contributed by atoms with van der Waals surface area (Å²) in [5, 5.41) is 6.67. The average Bonchev–Trinajstić information content (AvgIpc) is 1.60. The molecule has 0 amide bonds.